The Bertz CT molecular complexity index is 872. The van der Waals surface area contributed by atoms with Gasteiger partial charge in [-0.15, -0.1) is 0 Å². The number of aliphatic hydroxyl groups is 1. The maximum absolute atomic E-state index is 13.3. The average Bonchev–Trinajstić information content (AvgIpc) is 2.74. The maximum Gasteiger partial charge on any atom is 0.329 e. The second-order valence-electron chi connectivity index (χ2n) is 9.07. The van der Waals surface area contributed by atoms with E-state index in [-0.39, 0.29) is 24.4 Å². The van der Waals surface area contributed by atoms with Crippen molar-refractivity contribution in [3.63, 3.8) is 0 Å². The third-order valence-corrected chi connectivity index (χ3v) is 6.24. The molecule has 0 radical (unpaired) electrons. The molecule has 0 saturated heterocycles. The number of hydrogen-bond acceptors (Lipinski definition) is 5. The third-order valence-electron chi connectivity index (χ3n) is 5.13. The molecule has 0 fully saturated rings. The largest absolute Gasteiger partial charge is 0.458 e. The Labute approximate surface area is 196 Å². The summed E-state index contributed by atoms with van der Waals surface area (Å²) in [4.78, 5) is 26.1. The molecule has 32 heavy (non-hydrogen) atoms. The minimum absolute atomic E-state index is 0.0737. The fraction of sp³-hybridized carbons (Fsp3) is 0.538. The number of amides is 1. The van der Waals surface area contributed by atoms with Crippen molar-refractivity contribution >= 4 is 34.4 Å². The number of nitrogens with one attached hydrogen (secondary N) is 1. The van der Waals surface area contributed by atoms with Gasteiger partial charge in [0, 0.05) is 11.5 Å². The number of unbranched alkanes of at least 4 members (excludes halogenated alkanes) is 1. The van der Waals surface area contributed by atoms with Gasteiger partial charge >= 0.3 is 5.97 Å². The molecule has 0 bridgehead atoms. The summed E-state index contributed by atoms with van der Waals surface area (Å²) >= 11 is 1.55. The number of carbonyl (C=O) groups excluding carboxylic acids is 2. The number of ether oxygens (including phenoxy) is 1. The van der Waals surface area contributed by atoms with Crippen LogP contribution in [-0.4, -0.2) is 46.7 Å². The molecular formula is C26H37NO4S. The third kappa shape index (κ3) is 8.47. The lowest BCUT2D eigenvalue weighted by Gasteiger charge is -2.26. The van der Waals surface area contributed by atoms with Crippen LogP contribution in [0.5, 0.6) is 0 Å². The Hall–Kier alpha value is -2.05. The molecular weight excluding hydrogens is 422 g/mol. The summed E-state index contributed by atoms with van der Waals surface area (Å²) in [5.41, 5.74) is 0.501. The van der Waals surface area contributed by atoms with Crippen LogP contribution in [0.3, 0.4) is 0 Å². The minimum atomic E-state index is -0.653. The molecule has 0 heterocycles. The van der Waals surface area contributed by atoms with Crippen molar-refractivity contribution in [3.8, 4) is 0 Å². The first-order valence-electron chi connectivity index (χ1n) is 11.4. The lowest BCUT2D eigenvalue weighted by molar-refractivity contribution is -0.159. The summed E-state index contributed by atoms with van der Waals surface area (Å²) < 4.78 is 5.56. The van der Waals surface area contributed by atoms with Crippen LogP contribution < -0.4 is 5.32 Å². The van der Waals surface area contributed by atoms with Crippen molar-refractivity contribution in [2.45, 2.75) is 65.0 Å². The van der Waals surface area contributed by atoms with Gasteiger partial charge in [-0.2, -0.15) is 11.8 Å². The molecule has 2 N–H and O–H groups in total. The molecule has 2 aromatic rings. The molecule has 0 spiro atoms. The second-order valence-corrected chi connectivity index (χ2v) is 10.2. The predicted molar refractivity (Wildman–Crippen MR) is 133 cm³/mol. The molecule has 0 aliphatic rings. The zero-order chi connectivity index (χ0) is 23.6. The molecule has 5 nitrogen and oxygen atoms in total. The van der Waals surface area contributed by atoms with Gasteiger partial charge in [-0.3, -0.25) is 4.79 Å². The van der Waals surface area contributed by atoms with Gasteiger partial charge in [0.05, 0.1) is 12.5 Å². The molecule has 0 aromatic heterocycles. The smallest absolute Gasteiger partial charge is 0.329 e. The second kappa shape index (κ2) is 12.9. The molecule has 176 valence electrons. The summed E-state index contributed by atoms with van der Waals surface area (Å²) in [5.74, 6) is 0.306. The SMILES string of the molecule is CCCC[C@H](NC(=O)C(CSCCO)Cc1cccc2ccccc12)C(=O)OC(C)(C)C. The molecule has 1 unspecified atom stereocenters. The van der Waals surface area contributed by atoms with Crippen LogP contribution in [-0.2, 0) is 20.7 Å². The number of thioether (sulfide) groups is 1. The molecule has 6 heteroatoms. The molecule has 0 saturated carbocycles. The molecule has 1 amide bonds. The van der Waals surface area contributed by atoms with E-state index in [4.69, 9.17) is 4.74 Å². The van der Waals surface area contributed by atoms with Gasteiger partial charge in [0.1, 0.15) is 11.6 Å². The summed E-state index contributed by atoms with van der Waals surface area (Å²) in [7, 11) is 0. The van der Waals surface area contributed by atoms with Gasteiger partial charge in [0.2, 0.25) is 5.91 Å². The van der Waals surface area contributed by atoms with Crippen molar-refractivity contribution in [1.82, 2.24) is 5.32 Å². The highest BCUT2D eigenvalue weighted by Gasteiger charge is 2.29. The summed E-state index contributed by atoms with van der Waals surface area (Å²) in [6, 6.07) is 13.6. The van der Waals surface area contributed by atoms with E-state index in [0.717, 1.165) is 29.2 Å². The number of fused-ring (bicyclic) bond motifs is 1. The van der Waals surface area contributed by atoms with E-state index < -0.39 is 11.6 Å². The Balaban J connectivity index is 2.21. The van der Waals surface area contributed by atoms with Crippen LogP contribution in [0.2, 0.25) is 0 Å². The van der Waals surface area contributed by atoms with Crippen LogP contribution in [0.25, 0.3) is 10.8 Å². The fourth-order valence-corrected chi connectivity index (χ4v) is 4.42. The maximum atomic E-state index is 13.3. The van der Waals surface area contributed by atoms with E-state index in [1.54, 1.807) is 11.8 Å². The van der Waals surface area contributed by atoms with Crippen molar-refractivity contribution in [2.75, 3.05) is 18.1 Å². The van der Waals surface area contributed by atoms with Crippen LogP contribution in [0, 0.1) is 5.92 Å². The Morgan fingerprint density at radius 1 is 1.12 bits per heavy atom. The van der Waals surface area contributed by atoms with Crippen LogP contribution in [0.15, 0.2) is 42.5 Å². The van der Waals surface area contributed by atoms with Gasteiger partial charge in [0.15, 0.2) is 0 Å². The normalized spacial score (nSPS) is 13.5. The molecule has 0 aliphatic heterocycles. The Morgan fingerprint density at radius 3 is 2.53 bits per heavy atom. The van der Waals surface area contributed by atoms with Crippen molar-refractivity contribution in [3.05, 3.63) is 48.0 Å². The summed E-state index contributed by atoms with van der Waals surface area (Å²) in [5, 5.41) is 14.4. The first-order valence-corrected chi connectivity index (χ1v) is 12.6. The number of rotatable bonds is 12. The van der Waals surface area contributed by atoms with Crippen LogP contribution in [0.4, 0.5) is 0 Å². The van der Waals surface area contributed by atoms with E-state index in [1.165, 1.54) is 0 Å². The van der Waals surface area contributed by atoms with E-state index in [0.29, 0.717) is 24.3 Å². The molecule has 2 atom stereocenters. The highest BCUT2D eigenvalue weighted by Crippen LogP contribution is 2.23. The van der Waals surface area contributed by atoms with E-state index in [1.807, 2.05) is 39.0 Å². The number of carbonyl (C=O) groups is 2. The van der Waals surface area contributed by atoms with Gasteiger partial charge in [-0.05, 0) is 49.9 Å². The van der Waals surface area contributed by atoms with Gasteiger partial charge in [-0.1, -0.05) is 62.2 Å². The number of hydrogen-bond donors (Lipinski definition) is 2. The number of aliphatic hydroxyl groups excluding tert-OH is 1. The quantitative estimate of drug-likeness (QED) is 0.354. The average molecular weight is 460 g/mol. The minimum Gasteiger partial charge on any atom is -0.458 e. The lowest BCUT2D eigenvalue weighted by Crippen LogP contribution is -2.47. The van der Waals surface area contributed by atoms with Crippen molar-refractivity contribution in [1.29, 1.82) is 0 Å². The first-order chi connectivity index (χ1) is 15.2. The fourth-order valence-electron chi connectivity index (χ4n) is 3.57. The Kier molecular flexibility index (Phi) is 10.5. The molecule has 2 aromatic carbocycles. The summed E-state index contributed by atoms with van der Waals surface area (Å²) in [6.07, 6.45) is 2.89. The first kappa shape index (κ1) is 26.2. The molecule has 2 rings (SSSR count). The summed E-state index contributed by atoms with van der Waals surface area (Å²) in [6.45, 7) is 7.63. The van der Waals surface area contributed by atoms with Crippen molar-refractivity contribution < 1.29 is 19.4 Å². The lowest BCUT2D eigenvalue weighted by atomic mass is 9.95. The van der Waals surface area contributed by atoms with Crippen LogP contribution >= 0.6 is 11.8 Å². The van der Waals surface area contributed by atoms with Gasteiger partial charge < -0.3 is 15.2 Å². The monoisotopic (exact) mass is 459 g/mol. The van der Waals surface area contributed by atoms with E-state index in [2.05, 4.69) is 36.5 Å². The Morgan fingerprint density at radius 2 is 1.84 bits per heavy atom. The van der Waals surface area contributed by atoms with Gasteiger partial charge in [-0.25, -0.2) is 4.79 Å². The van der Waals surface area contributed by atoms with Crippen molar-refractivity contribution in [2.24, 2.45) is 5.92 Å². The highest BCUT2D eigenvalue weighted by molar-refractivity contribution is 7.99. The topological polar surface area (TPSA) is 75.6 Å². The van der Waals surface area contributed by atoms with Gasteiger partial charge in [0.25, 0.3) is 0 Å². The molecule has 0 aliphatic carbocycles. The number of esters is 1. The van der Waals surface area contributed by atoms with Crippen LogP contribution in [0.1, 0.15) is 52.5 Å². The predicted octanol–water partition coefficient (Wildman–Crippen LogP) is 4.74. The number of benzene rings is 2. The highest BCUT2D eigenvalue weighted by atomic mass is 32.2. The standard InChI is InChI=1S/C26H37NO4S/c1-5-6-14-23(25(30)31-26(2,3)4)27-24(29)21(18-32-16-15-28)17-20-12-9-11-19-10-7-8-13-22(19)20/h7-13,21,23,28H,5-6,14-18H2,1-4H3,(H,27,29)/t21?,23-/m0/s1. The van der Waals surface area contributed by atoms with E-state index in [9.17, 15) is 14.7 Å². The zero-order valence-electron chi connectivity index (χ0n) is 19.7. The zero-order valence-corrected chi connectivity index (χ0v) is 20.5. The van der Waals surface area contributed by atoms with E-state index >= 15 is 0 Å².